The Hall–Kier alpha value is -1.98. The van der Waals surface area contributed by atoms with E-state index in [0.717, 1.165) is 38.0 Å². The molecule has 1 aliphatic rings. The Kier molecular flexibility index (Phi) is 6.80. The topological polar surface area (TPSA) is 63.2 Å². The molecule has 0 spiro atoms. The number of aromatic nitrogens is 1. The Labute approximate surface area is 169 Å². The third-order valence-electron chi connectivity index (χ3n) is 4.86. The van der Waals surface area contributed by atoms with Crippen molar-refractivity contribution >= 4 is 34.9 Å². The molecule has 0 unspecified atom stereocenters. The highest BCUT2D eigenvalue weighted by Gasteiger charge is 2.23. The fourth-order valence-electron chi connectivity index (χ4n) is 3.32. The summed E-state index contributed by atoms with van der Waals surface area (Å²) in [7, 11) is 1.61. The van der Waals surface area contributed by atoms with Gasteiger partial charge in [-0.2, -0.15) is 4.98 Å². The Balaban J connectivity index is 1.46. The molecule has 0 atom stereocenters. The first kappa shape index (κ1) is 19.8. The highest BCUT2D eigenvalue weighted by Crippen LogP contribution is 2.26. The van der Waals surface area contributed by atoms with Gasteiger partial charge in [0.25, 0.3) is 5.91 Å². The molecule has 7 heteroatoms. The summed E-state index contributed by atoms with van der Waals surface area (Å²) in [6.45, 7) is 0.862. The summed E-state index contributed by atoms with van der Waals surface area (Å²) in [6, 6.07) is 10.8. The van der Waals surface area contributed by atoms with E-state index in [0.29, 0.717) is 27.4 Å². The molecule has 0 aliphatic heterocycles. The molecule has 1 aromatic heterocycles. The zero-order valence-corrected chi connectivity index (χ0v) is 16.7. The number of pyridine rings is 1. The van der Waals surface area contributed by atoms with Gasteiger partial charge in [-0.1, -0.05) is 29.3 Å². The average Bonchev–Trinajstić information content (AvgIpc) is 2.69. The fourth-order valence-corrected chi connectivity index (χ4v) is 3.70. The predicted octanol–water partition coefficient (Wildman–Crippen LogP) is 4.80. The summed E-state index contributed by atoms with van der Waals surface area (Å²) >= 11 is 12.1. The van der Waals surface area contributed by atoms with E-state index in [1.54, 1.807) is 25.3 Å². The summed E-state index contributed by atoms with van der Waals surface area (Å²) in [5, 5.41) is 7.38. The van der Waals surface area contributed by atoms with E-state index in [-0.39, 0.29) is 11.9 Å². The maximum atomic E-state index is 12.5. The van der Waals surface area contributed by atoms with Crippen LogP contribution >= 0.6 is 23.2 Å². The molecule has 1 saturated carbocycles. The lowest BCUT2D eigenvalue weighted by molar-refractivity contribution is 0.0923. The number of amides is 1. The van der Waals surface area contributed by atoms with Crippen molar-refractivity contribution in [3.8, 4) is 5.88 Å². The van der Waals surface area contributed by atoms with Gasteiger partial charge >= 0.3 is 0 Å². The molecule has 0 radical (unpaired) electrons. The van der Waals surface area contributed by atoms with E-state index in [2.05, 4.69) is 15.6 Å². The fraction of sp³-hybridized carbons (Fsp3) is 0.400. The van der Waals surface area contributed by atoms with Crippen LogP contribution in [-0.4, -0.2) is 30.6 Å². The minimum Gasteiger partial charge on any atom is -0.481 e. The SMILES string of the molecule is COc1cccc(NCC2CCC(NC(=O)c3cc(Cl)ccc3Cl)CC2)n1. The van der Waals surface area contributed by atoms with Crippen LogP contribution in [0.1, 0.15) is 36.0 Å². The molecule has 1 heterocycles. The van der Waals surface area contributed by atoms with Crippen LogP contribution in [0.4, 0.5) is 5.82 Å². The molecule has 1 aliphatic carbocycles. The minimum atomic E-state index is -0.162. The third kappa shape index (κ3) is 5.50. The number of anilines is 1. The number of nitrogens with one attached hydrogen (secondary N) is 2. The van der Waals surface area contributed by atoms with Crippen molar-refractivity contribution < 1.29 is 9.53 Å². The van der Waals surface area contributed by atoms with Crippen LogP contribution in [0.3, 0.4) is 0 Å². The number of carbonyl (C=O) groups excluding carboxylic acids is 1. The van der Waals surface area contributed by atoms with Crippen LogP contribution in [0.5, 0.6) is 5.88 Å². The van der Waals surface area contributed by atoms with Gasteiger partial charge in [0.05, 0.1) is 17.7 Å². The van der Waals surface area contributed by atoms with Gasteiger partial charge in [0.2, 0.25) is 5.88 Å². The Bertz CT molecular complexity index is 793. The zero-order chi connectivity index (χ0) is 19.2. The molecule has 1 aromatic carbocycles. The summed E-state index contributed by atoms with van der Waals surface area (Å²) in [5.74, 6) is 1.82. The minimum absolute atomic E-state index is 0.162. The number of hydrogen-bond donors (Lipinski definition) is 2. The molecule has 0 bridgehead atoms. The normalized spacial score (nSPS) is 19.4. The molecule has 0 saturated heterocycles. The van der Waals surface area contributed by atoms with Crippen molar-refractivity contribution in [3.05, 3.63) is 52.0 Å². The number of rotatable bonds is 6. The third-order valence-corrected chi connectivity index (χ3v) is 5.42. The molecule has 27 heavy (non-hydrogen) atoms. The predicted molar refractivity (Wildman–Crippen MR) is 109 cm³/mol. The molecule has 1 fully saturated rings. The van der Waals surface area contributed by atoms with Crippen LogP contribution in [0.2, 0.25) is 10.0 Å². The van der Waals surface area contributed by atoms with Gasteiger partial charge in [0.1, 0.15) is 5.82 Å². The van der Waals surface area contributed by atoms with Crippen LogP contribution in [0.25, 0.3) is 0 Å². The van der Waals surface area contributed by atoms with Crippen LogP contribution in [-0.2, 0) is 0 Å². The highest BCUT2D eigenvalue weighted by molar-refractivity contribution is 6.35. The number of ether oxygens (including phenoxy) is 1. The number of benzene rings is 1. The van der Waals surface area contributed by atoms with Gasteiger partial charge in [0.15, 0.2) is 0 Å². The quantitative estimate of drug-likeness (QED) is 0.721. The second-order valence-electron chi connectivity index (χ2n) is 6.76. The van der Waals surface area contributed by atoms with Crippen LogP contribution in [0, 0.1) is 5.92 Å². The lowest BCUT2D eigenvalue weighted by Gasteiger charge is -2.29. The Morgan fingerprint density at radius 1 is 1.19 bits per heavy atom. The highest BCUT2D eigenvalue weighted by atomic mass is 35.5. The van der Waals surface area contributed by atoms with E-state index in [4.69, 9.17) is 27.9 Å². The molecule has 2 aromatic rings. The lowest BCUT2D eigenvalue weighted by atomic mass is 9.86. The first-order chi connectivity index (χ1) is 13.0. The number of methoxy groups -OCH3 is 1. The summed E-state index contributed by atoms with van der Waals surface area (Å²) in [4.78, 5) is 16.8. The number of nitrogens with zero attached hydrogens (tertiary/aromatic N) is 1. The van der Waals surface area contributed by atoms with E-state index in [9.17, 15) is 4.79 Å². The molecular weight excluding hydrogens is 385 g/mol. The second-order valence-corrected chi connectivity index (χ2v) is 7.61. The standard InChI is InChI=1S/C20H23Cl2N3O2/c1-27-19-4-2-3-18(25-19)23-12-13-5-8-15(9-6-13)24-20(26)16-11-14(21)7-10-17(16)22/h2-4,7,10-11,13,15H,5-6,8-9,12H2,1H3,(H,23,25)(H,24,26). The monoisotopic (exact) mass is 407 g/mol. The molecule has 1 amide bonds. The molecule has 144 valence electrons. The van der Waals surface area contributed by atoms with Gasteiger partial charge in [-0.3, -0.25) is 4.79 Å². The van der Waals surface area contributed by atoms with E-state index in [1.165, 1.54) is 0 Å². The van der Waals surface area contributed by atoms with Crippen molar-refractivity contribution in [2.24, 2.45) is 5.92 Å². The number of carbonyl (C=O) groups is 1. The van der Waals surface area contributed by atoms with Crippen molar-refractivity contribution in [2.45, 2.75) is 31.7 Å². The van der Waals surface area contributed by atoms with Crippen molar-refractivity contribution in [1.29, 1.82) is 0 Å². The summed E-state index contributed by atoms with van der Waals surface area (Å²) < 4.78 is 5.14. The van der Waals surface area contributed by atoms with Gasteiger partial charge in [-0.15, -0.1) is 0 Å². The van der Waals surface area contributed by atoms with E-state index >= 15 is 0 Å². The largest absolute Gasteiger partial charge is 0.481 e. The van der Waals surface area contributed by atoms with E-state index in [1.807, 2.05) is 18.2 Å². The van der Waals surface area contributed by atoms with E-state index < -0.39 is 0 Å². The zero-order valence-electron chi connectivity index (χ0n) is 15.2. The van der Waals surface area contributed by atoms with Gasteiger partial charge in [0, 0.05) is 23.7 Å². The lowest BCUT2D eigenvalue weighted by Crippen LogP contribution is -2.38. The molecule has 2 N–H and O–H groups in total. The maximum Gasteiger partial charge on any atom is 0.253 e. The number of hydrogen-bond acceptors (Lipinski definition) is 4. The smallest absolute Gasteiger partial charge is 0.253 e. The molecular formula is C20H23Cl2N3O2. The molecule has 5 nitrogen and oxygen atoms in total. The average molecular weight is 408 g/mol. The summed E-state index contributed by atoms with van der Waals surface area (Å²) in [5.41, 5.74) is 0.428. The summed E-state index contributed by atoms with van der Waals surface area (Å²) in [6.07, 6.45) is 3.99. The first-order valence-corrected chi connectivity index (χ1v) is 9.81. The van der Waals surface area contributed by atoms with Gasteiger partial charge in [-0.05, 0) is 55.9 Å². The first-order valence-electron chi connectivity index (χ1n) is 9.06. The van der Waals surface area contributed by atoms with Gasteiger partial charge < -0.3 is 15.4 Å². The Morgan fingerprint density at radius 2 is 1.96 bits per heavy atom. The van der Waals surface area contributed by atoms with Crippen molar-refractivity contribution in [1.82, 2.24) is 10.3 Å². The van der Waals surface area contributed by atoms with Crippen LogP contribution < -0.4 is 15.4 Å². The van der Waals surface area contributed by atoms with Gasteiger partial charge in [-0.25, -0.2) is 0 Å². The van der Waals surface area contributed by atoms with Crippen molar-refractivity contribution in [2.75, 3.05) is 19.0 Å². The maximum absolute atomic E-state index is 12.5. The Morgan fingerprint density at radius 3 is 2.70 bits per heavy atom. The molecule has 3 rings (SSSR count). The number of halogens is 2. The van der Waals surface area contributed by atoms with Crippen LogP contribution in [0.15, 0.2) is 36.4 Å². The second kappa shape index (κ2) is 9.29. The van der Waals surface area contributed by atoms with Crippen molar-refractivity contribution in [3.63, 3.8) is 0 Å².